The number of carbonyl (C=O) groups is 2. The van der Waals surface area contributed by atoms with E-state index in [1.54, 1.807) is 42.5 Å². The maximum atomic E-state index is 12.2. The third-order valence-corrected chi connectivity index (χ3v) is 4.02. The first-order chi connectivity index (χ1) is 12.8. The molecule has 0 bridgehead atoms. The molecule has 0 aliphatic rings. The van der Waals surface area contributed by atoms with E-state index in [0.29, 0.717) is 27.1 Å². The molecule has 142 valence electrons. The number of halogens is 1. The van der Waals surface area contributed by atoms with Gasteiger partial charge in [-0.2, -0.15) is 0 Å². The Bertz CT molecular complexity index is 862. The number of hydrogen-bond donors (Lipinski definition) is 2. The van der Waals surface area contributed by atoms with E-state index in [2.05, 4.69) is 21.2 Å². The Hall–Kier alpha value is -2.80. The Morgan fingerprint density at radius 2 is 1.85 bits per heavy atom. The smallest absolute Gasteiger partial charge is 0.352 e. The van der Waals surface area contributed by atoms with Gasteiger partial charge in [0.1, 0.15) is 5.70 Å². The lowest BCUT2D eigenvalue weighted by molar-refractivity contribution is -0.132. The second-order valence-electron chi connectivity index (χ2n) is 5.88. The van der Waals surface area contributed by atoms with E-state index in [-0.39, 0.29) is 11.8 Å². The second-order valence-corrected chi connectivity index (χ2v) is 6.74. The van der Waals surface area contributed by atoms with Crippen LogP contribution in [0.15, 0.2) is 52.6 Å². The number of aliphatic carboxylic acids is 1. The molecule has 0 radical (unpaired) electrons. The maximum Gasteiger partial charge on any atom is 0.352 e. The highest BCUT2D eigenvalue weighted by molar-refractivity contribution is 9.10. The number of rotatable bonds is 7. The Labute approximate surface area is 165 Å². The zero-order chi connectivity index (χ0) is 20.0. The zero-order valence-electron chi connectivity index (χ0n) is 15.2. The van der Waals surface area contributed by atoms with E-state index in [9.17, 15) is 14.7 Å². The van der Waals surface area contributed by atoms with Crippen molar-refractivity contribution in [1.29, 1.82) is 0 Å². The molecule has 2 rings (SSSR count). The molecule has 0 atom stereocenters. The van der Waals surface area contributed by atoms with Crippen molar-refractivity contribution in [2.75, 3.05) is 7.11 Å². The molecule has 0 fully saturated rings. The largest absolute Gasteiger partial charge is 0.493 e. The predicted molar refractivity (Wildman–Crippen MR) is 106 cm³/mol. The average molecular weight is 434 g/mol. The third kappa shape index (κ3) is 5.59. The molecule has 7 heteroatoms. The molecule has 0 aliphatic heterocycles. The molecule has 2 N–H and O–H groups in total. The number of benzene rings is 2. The van der Waals surface area contributed by atoms with Gasteiger partial charge < -0.3 is 19.9 Å². The van der Waals surface area contributed by atoms with Crippen molar-refractivity contribution < 1.29 is 24.2 Å². The lowest BCUT2D eigenvalue weighted by Crippen LogP contribution is -2.27. The quantitative estimate of drug-likeness (QED) is 0.641. The number of amides is 1. The summed E-state index contributed by atoms with van der Waals surface area (Å²) in [5.41, 5.74) is 0.639. The van der Waals surface area contributed by atoms with Gasteiger partial charge in [0, 0.05) is 5.56 Å². The number of ether oxygens (including phenoxy) is 2. The van der Waals surface area contributed by atoms with Gasteiger partial charge in [-0.05, 0) is 65.7 Å². The van der Waals surface area contributed by atoms with Crippen LogP contribution in [0.2, 0.25) is 0 Å². The lowest BCUT2D eigenvalue weighted by atomic mass is 10.1. The molecular formula is C20H20BrNO5. The minimum atomic E-state index is -1.25. The summed E-state index contributed by atoms with van der Waals surface area (Å²) >= 11 is 3.41. The van der Waals surface area contributed by atoms with Crippen LogP contribution in [-0.2, 0) is 4.79 Å². The molecule has 0 heterocycles. The van der Waals surface area contributed by atoms with E-state index < -0.39 is 11.9 Å². The molecule has 1 amide bonds. The number of carboxylic acid groups (broad SMARTS) is 1. The Kier molecular flexibility index (Phi) is 7.01. The highest BCUT2D eigenvalue weighted by Crippen LogP contribution is 2.37. The molecule has 2 aromatic rings. The van der Waals surface area contributed by atoms with Crippen LogP contribution in [0.25, 0.3) is 6.08 Å². The van der Waals surface area contributed by atoms with Gasteiger partial charge >= 0.3 is 5.97 Å². The van der Waals surface area contributed by atoms with Crippen LogP contribution in [0.1, 0.15) is 29.8 Å². The topological polar surface area (TPSA) is 84.9 Å². The standard InChI is InChI=1S/C20H20BrNO5/c1-12(2)27-18-15(21)9-13(11-17(18)26-3)10-16(20(24)25)22-19(23)14-7-5-4-6-8-14/h4-12H,1-3H3,(H,22,23)(H,24,25)/b16-10+. The molecule has 27 heavy (non-hydrogen) atoms. The van der Waals surface area contributed by atoms with Gasteiger partial charge in [-0.15, -0.1) is 0 Å². The molecule has 0 aromatic heterocycles. The van der Waals surface area contributed by atoms with Crippen molar-refractivity contribution in [2.45, 2.75) is 20.0 Å². The van der Waals surface area contributed by atoms with Crippen molar-refractivity contribution in [2.24, 2.45) is 0 Å². The van der Waals surface area contributed by atoms with Crippen LogP contribution in [-0.4, -0.2) is 30.2 Å². The fourth-order valence-corrected chi connectivity index (χ4v) is 2.83. The van der Waals surface area contributed by atoms with Crippen LogP contribution in [0.4, 0.5) is 0 Å². The molecule has 0 aliphatic carbocycles. The van der Waals surface area contributed by atoms with Crippen molar-refractivity contribution >= 4 is 33.9 Å². The van der Waals surface area contributed by atoms with Gasteiger partial charge in [-0.25, -0.2) is 4.79 Å². The monoisotopic (exact) mass is 433 g/mol. The van der Waals surface area contributed by atoms with E-state index in [4.69, 9.17) is 9.47 Å². The molecular weight excluding hydrogens is 414 g/mol. The number of hydrogen-bond acceptors (Lipinski definition) is 4. The van der Waals surface area contributed by atoms with Crippen LogP contribution in [0, 0.1) is 0 Å². The van der Waals surface area contributed by atoms with Crippen molar-refractivity contribution in [1.82, 2.24) is 5.32 Å². The Balaban J connectivity index is 2.36. The summed E-state index contributed by atoms with van der Waals surface area (Å²) in [7, 11) is 1.50. The fraction of sp³-hybridized carbons (Fsp3) is 0.200. The van der Waals surface area contributed by atoms with E-state index in [1.807, 2.05) is 13.8 Å². The minimum Gasteiger partial charge on any atom is -0.493 e. The first-order valence-electron chi connectivity index (χ1n) is 8.17. The van der Waals surface area contributed by atoms with Gasteiger partial charge in [0.15, 0.2) is 11.5 Å². The van der Waals surface area contributed by atoms with Crippen molar-refractivity contribution in [3.8, 4) is 11.5 Å². The van der Waals surface area contributed by atoms with Crippen LogP contribution in [0.5, 0.6) is 11.5 Å². The maximum absolute atomic E-state index is 12.2. The van der Waals surface area contributed by atoms with Gasteiger partial charge in [0.2, 0.25) is 0 Å². The zero-order valence-corrected chi connectivity index (χ0v) is 16.7. The normalized spacial score (nSPS) is 11.2. The molecule has 2 aromatic carbocycles. The summed E-state index contributed by atoms with van der Waals surface area (Å²) < 4.78 is 11.7. The molecule has 0 saturated heterocycles. The van der Waals surface area contributed by atoms with E-state index in [1.165, 1.54) is 13.2 Å². The summed E-state index contributed by atoms with van der Waals surface area (Å²) in [5, 5.41) is 11.9. The molecule has 0 saturated carbocycles. The van der Waals surface area contributed by atoms with Crippen LogP contribution in [0.3, 0.4) is 0 Å². The number of nitrogens with one attached hydrogen (secondary N) is 1. The average Bonchev–Trinajstić information content (AvgIpc) is 2.63. The molecule has 0 spiro atoms. The molecule has 0 unspecified atom stereocenters. The van der Waals surface area contributed by atoms with Crippen molar-refractivity contribution in [3.63, 3.8) is 0 Å². The van der Waals surface area contributed by atoms with Crippen molar-refractivity contribution in [3.05, 3.63) is 63.8 Å². The highest BCUT2D eigenvalue weighted by Gasteiger charge is 2.16. The van der Waals surface area contributed by atoms with Crippen LogP contribution >= 0.6 is 15.9 Å². The predicted octanol–water partition coefficient (Wildman–Crippen LogP) is 4.10. The SMILES string of the molecule is COc1cc(/C=C(/NC(=O)c2ccccc2)C(=O)O)cc(Br)c1OC(C)C. The summed E-state index contributed by atoms with van der Waals surface area (Å²) in [5.74, 6) is -0.787. The fourth-order valence-electron chi connectivity index (χ4n) is 2.28. The number of methoxy groups -OCH3 is 1. The summed E-state index contributed by atoms with van der Waals surface area (Å²) in [6.45, 7) is 3.78. The van der Waals surface area contributed by atoms with Crippen LogP contribution < -0.4 is 14.8 Å². The first kappa shape index (κ1) is 20.5. The minimum absolute atomic E-state index is 0.0590. The highest BCUT2D eigenvalue weighted by atomic mass is 79.9. The van der Waals surface area contributed by atoms with Gasteiger partial charge in [-0.3, -0.25) is 4.79 Å². The van der Waals surface area contributed by atoms with Gasteiger partial charge in [-0.1, -0.05) is 18.2 Å². The summed E-state index contributed by atoms with van der Waals surface area (Å²) in [4.78, 5) is 23.8. The number of carbonyl (C=O) groups excluding carboxylic acids is 1. The van der Waals surface area contributed by atoms with Gasteiger partial charge in [0.25, 0.3) is 5.91 Å². The Morgan fingerprint density at radius 1 is 1.19 bits per heavy atom. The van der Waals surface area contributed by atoms with Gasteiger partial charge in [0.05, 0.1) is 17.7 Å². The second kappa shape index (κ2) is 9.23. The lowest BCUT2D eigenvalue weighted by Gasteiger charge is -2.16. The third-order valence-electron chi connectivity index (χ3n) is 3.43. The molecule has 6 nitrogen and oxygen atoms in total. The van der Waals surface area contributed by atoms with E-state index >= 15 is 0 Å². The summed E-state index contributed by atoms with van der Waals surface area (Å²) in [6.07, 6.45) is 1.30. The Morgan fingerprint density at radius 3 is 2.41 bits per heavy atom. The number of carboxylic acids is 1. The summed E-state index contributed by atoms with van der Waals surface area (Å²) in [6, 6.07) is 11.7. The first-order valence-corrected chi connectivity index (χ1v) is 8.96. The van der Waals surface area contributed by atoms with E-state index in [0.717, 1.165) is 0 Å².